The Morgan fingerprint density at radius 3 is 1.64 bits per heavy atom. The molecular formula is C12H17NO. The van der Waals surface area contributed by atoms with Crippen molar-refractivity contribution in [2.45, 2.75) is 51.4 Å². The fourth-order valence-corrected chi connectivity index (χ4v) is 3.06. The lowest BCUT2D eigenvalue weighted by atomic mass is 9.89. The van der Waals surface area contributed by atoms with Crippen molar-refractivity contribution in [1.29, 1.82) is 0 Å². The van der Waals surface area contributed by atoms with Crippen LogP contribution in [-0.2, 0) is 25.7 Å². The molecule has 1 aromatic rings. The quantitative estimate of drug-likeness (QED) is 0.626. The van der Waals surface area contributed by atoms with E-state index >= 15 is 0 Å². The van der Waals surface area contributed by atoms with Gasteiger partial charge < -0.3 is 5.21 Å². The summed E-state index contributed by atoms with van der Waals surface area (Å²) in [4.78, 5) is 0. The van der Waals surface area contributed by atoms with E-state index in [2.05, 4.69) is 0 Å². The molecule has 14 heavy (non-hydrogen) atoms. The van der Waals surface area contributed by atoms with Gasteiger partial charge in [-0.3, -0.25) is 0 Å². The van der Waals surface area contributed by atoms with Crippen molar-refractivity contribution in [3.8, 4) is 0 Å². The maximum atomic E-state index is 10.0. The van der Waals surface area contributed by atoms with Crippen molar-refractivity contribution in [2.75, 3.05) is 0 Å². The van der Waals surface area contributed by atoms with Crippen molar-refractivity contribution in [1.82, 2.24) is 4.73 Å². The van der Waals surface area contributed by atoms with Gasteiger partial charge >= 0.3 is 0 Å². The van der Waals surface area contributed by atoms with Gasteiger partial charge in [0.05, 0.1) is 11.4 Å². The Balaban J connectivity index is 2.17. The number of aromatic nitrogens is 1. The molecule has 2 nitrogen and oxygen atoms in total. The molecule has 0 fully saturated rings. The molecule has 0 aliphatic heterocycles. The van der Waals surface area contributed by atoms with E-state index in [1.807, 2.05) is 0 Å². The molecule has 0 saturated carbocycles. The Morgan fingerprint density at radius 1 is 0.714 bits per heavy atom. The third kappa shape index (κ3) is 1.03. The molecule has 2 aliphatic carbocycles. The number of nitrogens with zero attached hydrogens (tertiary/aromatic N) is 1. The van der Waals surface area contributed by atoms with Gasteiger partial charge in [-0.1, -0.05) is 0 Å². The highest BCUT2D eigenvalue weighted by atomic mass is 16.5. The van der Waals surface area contributed by atoms with E-state index in [-0.39, 0.29) is 0 Å². The summed E-state index contributed by atoms with van der Waals surface area (Å²) in [6.07, 6.45) is 9.67. The fourth-order valence-electron chi connectivity index (χ4n) is 3.06. The fraction of sp³-hybridized carbons (Fsp3) is 0.667. The predicted octanol–water partition coefficient (Wildman–Crippen LogP) is 2.48. The molecule has 0 unspecified atom stereocenters. The van der Waals surface area contributed by atoms with E-state index in [0.717, 1.165) is 12.8 Å². The van der Waals surface area contributed by atoms with Crippen LogP contribution < -0.4 is 0 Å². The summed E-state index contributed by atoms with van der Waals surface area (Å²) in [6, 6.07) is 0. The molecule has 0 bridgehead atoms. The number of hydrogen-bond acceptors (Lipinski definition) is 1. The zero-order valence-electron chi connectivity index (χ0n) is 8.55. The molecule has 0 saturated heterocycles. The van der Waals surface area contributed by atoms with Gasteiger partial charge in [-0.25, -0.2) is 0 Å². The Labute approximate surface area is 84.5 Å². The first-order chi connectivity index (χ1) is 6.88. The molecule has 1 aromatic heterocycles. The highest BCUT2D eigenvalue weighted by molar-refractivity contribution is 5.40. The number of fused-ring (bicyclic) bond motifs is 3. The summed E-state index contributed by atoms with van der Waals surface area (Å²) in [5, 5.41) is 10.0. The molecule has 2 heteroatoms. The molecule has 3 rings (SSSR count). The molecular weight excluding hydrogens is 174 g/mol. The topological polar surface area (TPSA) is 25.2 Å². The summed E-state index contributed by atoms with van der Waals surface area (Å²) in [6.45, 7) is 0. The van der Waals surface area contributed by atoms with E-state index in [0.29, 0.717) is 0 Å². The van der Waals surface area contributed by atoms with Gasteiger partial charge in [-0.15, -0.1) is 0 Å². The van der Waals surface area contributed by atoms with Gasteiger partial charge in [0.25, 0.3) is 0 Å². The number of hydrogen-bond donors (Lipinski definition) is 1. The first kappa shape index (κ1) is 8.39. The van der Waals surface area contributed by atoms with Gasteiger partial charge in [0.2, 0.25) is 0 Å². The SMILES string of the molecule is On1c2c(c3c1CCCC3)CCCC2. The van der Waals surface area contributed by atoms with E-state index in [9.17, 15) is 5.21 Å². The van der Waals surface area contributed by atoms with Crippen LogP contribution in [0.15, 0.2) is 0 Å². The Hall–Kier alpha value is -0.920. The Morgan fingerprint density at radius 2 is 1.14 bits per heavy atom. The van der Waals surface area contributed by atoms with Gasteiger partial charge in [-0.2, -0.15) is 4.73 Å². The van der Waals surface area contributed by atoms with Crippen molar-refractivity contribution in [3.05, 3.63) is 22.5 Å². The minimum atomic E-state index is 1.08. The lowest BCUT2D eigenvalue weighted by Crippen LogP contribution is -2.07. The smallest absolute Gasteiger partial charge is 0.0605 e. The first-order valence-electron chi connectivity index (χ1n) is 5.81. The van der Waals surface area contributed by atoms with Crippen LogP contribution in [0.3, 0.4) is 0 Å². The van der Waals surface area contributed by atoms with Gasteiger partial charge in [0.1, 0.15) is 0 Å². The molecule has 2 aliphatic rings. The molecule has 0 radical (unpaired) electrons. The zero-order valence-corrected chi connectivity index (χ0v) is 8.55. The van der Waals surface area contributed by atoms with Crippen molar-refractivity contribution < 1.29 is 5.21 Å². The normalized spacial score (nSPS) is 20.3. The monoisotopic (exact) mass is 191 g/mol. The second-order valence-corrected chi connectivity index (χ2v) is 4.58. The van der Waals surface area contributed by atoms with Crippen LogP contribution in [0.1, 0.15) is 48.2 Å². The van der Waals surface area contributed by atoms with Crippen LogP contribution in [0, 0.1) is 0 Å². The first-order valence-corrected chi connectivity index (χ1v) is 5.81. The summed E-state index contributed by atoms with van der Waals surface area (Å²) in [5.74, 6) is 0. The van der Waals surface area contributed by atoms with E-state index < -0.39 is 0 Å². The van der Waals surface area contributed by atoms with E-state index in [4.69, 9.17) is 0 Å². The average molecular weight is 191 g/mol. The van der Waals surface area contributed by atoms with Crippen LogP contribution in [0.4, 0.5) is 0 Å². The average Bonchev–Trinajstić information content (AvgIpc) is 2.55. The minimum Gasteiger partial charge on any atom is -0.428 e. The maximum absolute atomic E-state index is 10.0. The summed E-state index contributed by atoms with van der Waals surface area (Å²) < 4.78 is 1.52. The van der Waals surface area contributed by atoms with Crippen LogP contribution in [0.25, 0.3) is 0 Å². The molecule has 0 spiro atoms. The van der Waals surface area contributed by atoms with Gasteiger partial charge in [-0.05, 0) is 62.5 Å². The Kier molecular flexibility index (Phi) is 1.82. The molecule has 0 aromatic carbocycles. The predicted molar refractivity (Wildman–Crippen MR) is 54.9 cm³/mol. The molecule has 0 atom stereocenters. The summed E-state index contributed by atoms with van der Waals surface area (Å²) >= 11 is 0. The maximum Gasteiger partial charge on any atom is 0.0605 e. The van der Waals surface area contributed by atoms with Crippen LogP contribution in [-0.4, -0.2) is 9.94 Å². The summed E-state index contributed by atoms with van der Waals surface area (Å²) in [7, 11) is 0. The minimum absolute atomic E-state index is 1.08. The zero-order chi connectivity index (χ0) is 9.54. The lowest BCUT2D eigenvalue weighted by molar-refractivity contribution is 0.165. The Bertz CT molecular complexity index is 331. The standard InChI is InChI=1S/C12H17NO/c14-13-11-7-3-1-5-9(11)10-6-2-4-8-12(10)13/h14H,1-8H2. The molecule has 76 valence electrons. The van der Waals surface area contributed by atoms with Crippen LogP contribution in [0.5, 0.6) is 0 Å². The molecule has 0 amide bonds. The van der Waals surface area contributed by atoms with Crippen LogP contribution in [0.2, 0.25) is 0 Å². The second-order valence-electron chi connectivity index (χ2n) is 4.58. The van der Waals surface area contributed by atoms with Gasteiger partial charge in [0.15, 0.2) is 0 Å². The third-order valence-electron chi connectivity index (χ3n) is 3.75. The molecule has 1 N–H and O–H groups in total. The van der Waals surface area contributed by atoms with Crippen LogP contribution >= 0.6 is 0 Å². The van der Waals surface area contributed by atoms with E-state index in [1.54, 1.807) is 0 Å². The van der Waals surface area contributed by atoms with Crippen molar-refractivity contribution in [3.63, 3.8) is 0 Å². The number of rotatable bonds is 0. The van der Waals surface area contributed by atoms with E-state index in [1.165, 1.54) is 65.8 Å². The highest BCUT2D eigenvalue weighted by Gasteiger charge is 2.25. The largest absolute Gasteiger partial charge is 0.428 e. The second kappa shape index (κ2) is 3.04. The lowest BCUT2D eigenvalue weighted by Gasteiger charge is -2.14. The summed E-state index contributed by atoms with van der Waals surface area (Å²) in [5.41, 5.74) is 5.44. The van der Waals surface area contributed by atoms with Crippen molar-refractivity contribution in [2.24, 2.45) is 0 Å². The van der Waals surface area contributed by atoms with Gasteiger partial charge in [0, 0.05) is 0 Å². The molecule has 1 heterocycles. The van der Waals surface area contributed by atoms with Crippen molar-refractivity contribution >= 4 is 0 Å². The highest BCUT2D eigenvalue weighted by Crippen LogP contribution is 2.33. The third-order valence-corrected chi connectivity index (χ3v) is 3.75.